The number of carbonyl (C=O) groups is 1. The fraction of sp³-hybridized carbons (Fsp3) is 0.0588. The number of hydrogen-bond acceptors (Lipinski definition) is 4. The minimum atomic E-state index is -0.421. The summed E-state index contributed by atoms with van der Waals surface area (Å²) in [6.45, 7) is 0.160. The molecule has 0 aliphatic carbocycles. The lowest BCUT2D eigenvalue weighted by Gasteiger charge is -2.13. The van der Waals surface area contributed by atoms with Gasteiger partial charge in [0.05, 0.1) is 9.93 Å². The highest BCUT2D eigenvalue weighted by Crippen LogP contribution is 2.37. The van der Waals surface area contributed by atoms with Crippen LogP contribution in [0.25, 0.3) is 6.08 Å². The van der Waals surface area contributed by atoms with Gasteiger partial charge in [0.15, 0.2) is 5.17 Å². The smallest absolute Gasteiger partial charge is 0.286 e. The molecular weight excluding hydrogens is 438 g/mol. The third-order valence-electron chi connectivity index (χ3n) is 3.35. The topological polar surface area (TPSA) is 64.7 Å². The van der Waals surface area contributed by atoms with Crippen LogP contribution in [0.15, 0.2) is 40.2 Å². The van der Waals surface area contributed by atoms with E-state index in [0.29, 0.717) is 36.3 Å². The molecule has 1 aliphatic rings. The molecule has 0 aromatic heterocycles. The van der Waals surface area contributed by atoms with E-state index in [1.807, 2.05) is 0 Å². The van der Waals surface area contributed by atoms with Crippen LogP contribution >= 0.6 is 58.2 Å². The Balaban J connectivity index is 1.91. The van der Waals surface area contributed by atoms with Crippen molar-refractivity contribution in [2.75, 3.05) is 0 Å². The fourth-order valence-corrected chi connectivity index (χ4v) is 3.89. The fourth-order valence-electron chi connectivity index (χ4n) is 2.20. The van der Waals surface area contributed by atoms with Crippen molar-refractivity contribution < 1.29 is 9.53 Å². The molecule has 0 unspecified atom stereocenters. The van der Waals surface area contributed by atoms with E-state index >= 15 is 0 Å². The molecule has 2 aromatic carbocycles. The highest BCUT2D eigenvalue weighted by atomic mass is 35.5. The van der Waals surface area contributed by atoms with Crippen molar-refractivity contribution >= 4 is 75.3 Å². The molecule has 2 N–H and O–H groups in total. The molecule has 3 rings (SSSR count). The second-order valence-electron chi connectivity index (χ2n) is 5.20. The number of aliphatic imine (C=N–C) groups is 1. The van der Waals surface area contributed by atoms with E-state index in [2.05, 4.69) is 4.99 Å². The first kappa shape index (κ1) is 19.4. The maximum absolute atomic E-state index is 11.8. The highest BCUT2D eigenvalue weighted by Gasteiger charge is 2.21. The summed E-state index contributed by atoms with van der Waals surface area (Å²) in [7, 11) is 0. The lowest BCUT2D eigenvalue weighted by Crippen LogP contribution is -2.01. The number of benzene rings is 2. The predicted molar refractivity (Wildman–Crippen MR) is 109 cm³/mol. The Morgan fingerprint density at radius 3 is 2.46 bits per heavy atom. The van der Waals surface area contributed by atoms with E-state index in [0.717, 1.165) is 17.3 Å². The van der Waals surface area contributed by atoms with Crippen LogP contribution in [0, 0.1) is 0 Å². The Hall–Kier alpha value is -1.37. The Morgan fingerprint density at radius 2 is 1.81 bits per heavy atom. The molecule has 1 amide bonds. The van der Waals surface area contributed by atoms with E-state index in [4.69, 9.17) is 56.9 Å². The average molecular weight is 448 g/mol. The van der Waals surface area contributed by atoms with Gasteiger partial charge in [-0.05, 0) is 42.1 Å². The Labute approximate surface area is 173 Å². The van der Waals surface area contributed by atoms with Crippen molar-refractivity contribution in [1.29, 1.82) is 0 Å². The lowest BCUT2D eigenvalue weighted by atomic mass is 10.1. The standard InChI is InChI=1S/C17H10Cl4N2O2S/c18-10-2-1-8(12(20)5-10)7-25-15-9(3-11(19)6-13(15)21)4-14-16(24)23-17(22)26-14/h1-6H,7H2,(H2,22,23,24)/b14-4+. The van der Waals surface area contributed by atoms with Gasteiger partial charge in [-0.15, -0.1) is 0 Å². The Bertz CT molecular complexity index is 960. The van der Waals surface area contributed by atoms with E-state index in [1.54, 1.807) is 36.4 Å². The van der Waals surface area contributed by atoms with Crippen molar-refractivity contribution in [1.82, 2.24) is 0 Å². The predicted octanol–water partition coefficient (Wildman–Crippen LogP) is 5.81. The van der Waals surface area contributed by atoms with Gasteiger partial charge in [0, 0.05) is 26.2 Å². The normalized spacial score (nSPS) is 15.5. The SMILES string of the molecule is NC1=NC(=O)/C(=C\c2cc(Cl)cc(Cl)c2OCc2ccc(Cl)cc2Cl)S1. The van der Waals surface area contributed by atoms with Gasteiger partial charge in [0.2, 0.25) is 0 Å². The monoisotopic (exact) mass is 446 g/mol. The number of amides is 1. The molecule has 26 heavy (non-hydrogen) atoms. The van der Waals surface area contributed by atoms with Crippen LogP contribution in [-0.2, 0) is 11.4 Å². The first-order valence-electron chi connectivity index (χ1n) is 7.17. The van der Waals surface area contributed by atoms with Crippen LogP contribution in [0.1, 0.15) is 11.1 Å². The summed E-state index contributed by atoms with van der Waals surface area (Å²) in [6, 6.07) is 8.30. The zero-order chi connectivity index (χ0) is 18.8. The highest BCUT2D eigenvalue weighted by molar-refractivity contribution is 8.18. The van der Waals surface area contributed by atoms with Gasteiger partial charge in [0.25, 0.3) is 5.91 Å². The van der Waals surface area contributed by atoms with Crippen molar-refractivity contribution in [2.45, 2.75) is 6.61 Å². The molecule has 0 fully saturated rings. The summed E-state index contributed by atoms with van der Waals surface area (Å²) < 4.78 is 5.85. The number of hydrogen-bond donors (Lipinski definition) is 1. The molecule has 1 aliphatic heterocycles. The van der Waals surface area contributed by atoms with Gasteiger partial charge in [-0.25, -0.2) is 0 Å². The summed E-state index contributed by atoms with van der Waals surface area (Å²) in [5.74, 6) is -0.0521. The molecule has 0 bridgehead atoms. The van der Waals surface area contributed by atoms with Crippen molar-refractivity contribution in [3.63, 3.8) is 0 Å². The lowest BCUT2D eigenvalue weighted by molar-refractivity contribution is -0.113. The second-order valence-corrected chi connectivity index (χ2v) is 7.95. The van der Waals surface area contributed by atoms with Crippen molar-refractivity contribution in [3.05, 3.63) is 66.5 Å². The first-order chi connectivity index (χ1) is 12.3. The van der Waals surface area contributed by atoms with Gasteiger partial charge >= 0.3 is 0 Å². The molecule has 0 radical (unpaired) electrons. The second kappa shape index (κ2) is 8.11. The van der Waals surface area contributed by atoms with Crippen LogP contribution in [0.4, 0.5) is 0 Å². The van der Waals surface area contributed by atoms with Gasteiger partial charge in [-0.3, -0.25) is 4.79 Å². The summed E-state index contributed by atoms with van der Waals surface area (Å²) >= 11 is 25.5. The maximum Gasteiger partial charge on any atom is 0.286 e. The van der Waals surface area contributed by atoms with Crippen molar-refractivity contribution in [3.8, 4) is 5.75 Å². The Morgan fingerprint density at radius 1 is 1.08 bits per heavy atom. The molecule has 9 heteroatoms. The van der Waals surface area contributed by atoms with E-state index in [1.165, 1.54) is 0 Å². The first-order valence-corrected chi connectivity index (χ1v) is 9.50. The van der Waals surface area contributed by atoms with Gasteiger partial charge in [-0.2, -0.15) is 4.99 Å². The third kappa shape index (κ3) is 4.48. The van der Waals surface area contributed by atoms with Crippen LogP contribution in [0.5, 0.6) is 5.75 Å². The summed E-state index contributed by atoms with van der Waals surface area (Å²) in [4.78, 5) is 15.9. The average Bonchev–Trinajstić information content (AvgIpc) is 2.85. The van der Waals surface area contributed by atoms with Crippen molar-refractivity contribution in [2.24, 2.45) is 10.7 Å². The minimum Gasteiger partial charge on any atom is -0.487 e. The molecule has 0 saturated carbocycles. The zero-order valence-corrected chi connectivity index (χ0v) is 16.8. The number of carbonyl (C=O) groups excluding carboxylic acids is 1. The summed E-state index contributed by atoms with van der Waals surface area (Å²) in [5.41, 5.74) is 6.84. The molecule has 1 heterocycles. The molecule has 4 nitrogen and oxygen atoms in total. The largest absolute Gasteiger partial charge is 0.487 e. The van der Waals surface area contributed by atoms with E-state index in [9.17, 15) is 4.79 Å². The number of rotatable bonds is 4. The molecule has 2 aromatic rings. The summed E-state index contributed by atoms with van der Waals surface area (Å²) in [6.07, 6.45) is 1.59. The van der Waals surface area contributed by atoms with E-state index < -0.39 is 5.91 Å². The number of thioether (sulfide) groups is 1. The Kier molecular flexibility index (Phi) is 6.05. The molecular formula is C17H10Cl4N2O2S. The molecule has 0 spiro atoms. The zero-order valence-electron chi connectivity index (χ0n) is 12.9. The minimum absolute atomic E-state index is 0.160. The van der Waals surface area contributed by atoms with Gasteiger partial charge in [-0.1, -0.05) is 52.5 Å². The number of amidine groups is 1. The quantitative estimate of drug-likeness (QED) is 0.600. The number of halogens is 4. The number of nitrogens with two attached hydrogens (primary N) is 1. The number of nitrogens with zero attached hydrogens (tertiary/aromatic N) is 1. The van der Waals surface area contributed by atoms with Gasteiger partial charge < -0.3 is 10.5 Å². The van der Waals surface area contributed by atoms with Crippen LogP contribution < -0.4 is 10.5 Å². The molecule has 0 atom stereocenters. The van der Waals surface area contributed by atoms with Crippen LogP contribution in [0.2, 0.25) is 20.1 Å². The third-order valence-corrected chi connectivity index (χ3v) is 5.25. The van der Waals surface area contributed by atoms with Crippen LogP contribution in [0.3, 0.4) is 0 Å². The van der Waals surface area contributed by atoms with Crippen LogP contribution in [-0.4, -0.2) is 11.1 Å². The molecule has 0 saturated heterocycles. The molecule has 134 valence electrons. The number of ether oxygens (including phenoxy) is 1. The summed E-state index contributed by atoms with van der Waals surface area (Å²) in [5, 5.41) is 1.90. The maximum atomic E-state index is 11.8. The van der Waals surface area contributed by atoms with E-state index in [-0.39, 0.29) is 11.8 Å². The van der Waals surface area contributed by atoms with Gasteiger partial charge in [0.1, 0.15) is 12.4 Å².